The number of H-pyrrole nitrogens is 1. The maximum atomic E-state index is 12.7. The number of hydrogen-bond acceptors (Lipinski definition) is 2. The number of hydrogen-bond donors (Lipinski definition) is 2. The molecule has 1 fully saturated rings. The van der Waals surface area contributed by atoms with Crippen LogP contribution in [0.5, 0.6) is 0 Å². The molecular weight excluding hydrogens is 267 g/mol. The second-order valence-corrected chi connectivity index (χ2v) is 4.91. The largest absolute Gasteiger partial charge is 0.416 e. The smallest absolute Gasteiger partial charge is 0.341 e. The van der Waals surface area contributed by atoms with Gasteiger partial charge in [-0.25, -0.2) is 4.98 Å². The molecule has 1 aromatic carbocycles. The number of aromatic amines is 1. The Balaban J connectivity index is 1.89. The molecule has 1 atom stereocenters. The van der Waals surface area contributed by atoms with E-state index in [1.165, 1.54) is 6.07 Å². The number of benzene rings is 1. The van der Waals surface area contributed by atoms with Crippen molar-refractivity contribution in [1.29, 1.82) is 0 Å². The first kappa shape index (κ1) is 13.2. The molecule has 1 aromatic heterocycles. The Bertz CT molecular complexity index is 598. The number of aromatic nitrogens is 2. The van der Waals surface area contributed by atoms with Crippen LogP contribution in [0.4, 0.5) is 13.2 Å². The van der Waals surface area contributed by atoms with Gasteiger partial charge in [0.2, 0.25) is 0 Å². The zero-order chi connectivity index (χ0) is 14.2. The van der Waals surface area contributed by atoms with Crippen LogP contribution in [0.1, 0.15) is 30.3 Å². The van der Waals surface area contributed by atoms with Crippen LogP contribution in [-0.2, 0) is 6.18 Å². The molecule has 1 aliphatic heterocycles. The highest BCUT2D eigenvalue weighted by Crippen LogP contribution is 2.32. The van der Waals surface area contributed by atoms with Crippen LogP contribution in [0, 0.1) is 0 Å². The van der Waals surface area contributed by atoms with Gasteiger partial charge in [0.05, 0.1) is 23.5 Å². The van der Waals surface area contributed by atoms with E-state index in [1.807, 2.05) is 0 Å². The van der Waals surface area contributed by atoms with E-state index in [2.05, 4.69) is 15.3 Å². The van der Waals surface area contributed by atoms with E-state index in [0.717, 1.165) is 37.3 Å². The third kappa shape index (κ3) is 2.56. The summed E-state index contributed by atoms with van der Waals surface area (Å²) in [6, 6.07) is 5.44. The predicted octanol–water partition coefficient (Wildman–Crippen LogP) is 3.52. The number of imidazole rings is 1. The van der Waals surface area contributed by atoms with Crippen molar-refractivity contribution in [2.24, 2.45) is 0 Å². The minimum Gasteiger partial charge on any atom is -0.341 e. The molecule has 1 saturated heterocycles. The van der Waals surface area contributed by atoms with Crippen molar-refractivity contribution in [2.45, 2.75) is 25.1 Å². The zero-order valence-corrected chi connectivity index (χ0v) is 10.7. The minimum absolute atomic E-state index is 0.176. The van der Waals surface area contributed by atoms with Crippen LogP contribution >= 0.6 is 0 Å². The molecule has 0 radical (unpaired) electrons. The normalized spacial score (nSPS) is 19.4. The van der Waals surface area contributed by atoms with Crippen molar-refractivity contribution in [2.75, 3.05) is 6.54 Å². The lowest BCUT2D eigenvalue weighted by Crippen LogP contribution is -2.14. The number of rotatable bonds is 2. The molecule has 20 heavy (non-hydrogen) atoms. The first-order valence-corrected chi connectivity index (χ1v) is 6.50. The van der Waals surface area contributed by atoms with Crippen LogP contribution in [0.3, 0.4) is 0 Å². The summed E-state index contributed by atoms with van der Waals surface area (Å²) in [5, 5.41) is 3.30. The molecule has 6 heteroatoms. The summed E-state index contributed by atoms with van der Waals surface area (Å²) in [5.74, 6) is 0.787. The zero-order valence-electron chi connectivity index (χ0n) is 10.7. The van der Waals surface area contributed by atoms with Gasteiger partial charge in [-0.2, -0.15) is 13.2 Å². The predicted molar refractivity (Wildman–Crippen MR) is 69.0 cm³/mol. The second kappa shape index (κ2) is 4.94. The molecule has 0 amide bonds. The Hall–Kier alpha value is -1.82. The maximum absolute atomic E-state index is 12.7. The summed E-state index contributed by atoms with van der Waals surface area (Å²) in [4.78, 5) is 7.38. The lowest BCUT2D eigenvalue weighted by molar-refractivity contribution is -0.137. The van der Waals surface area contributed by atoms with Crippen molar-refractivity contribution in [1.82, 2.24) is 15.3 Å². The lowest BCUT2D eigenvalue weighted by Gasteiger charge is -2.08. The van der Waals surface area contributed by atoms with Crippen LogP contribution in [0.15, 0.2) is 30.5 Å². The third-order valence-corrected chi connectivity index (χ3v) is 3.49. The van der Waals surface area contributed by atoms with E-state index in [1.54, 1.807) is 12.3 Å². The number of nitrogens with one attached hydrogen (secondary N) is 2. The molecule has 0 saturated carbocycles. The molecule has 1 aliphatic rings. The van der Waals surface area contributed by atoms with Gasteiger partial charge in [0, 0.05) is 5.56 Å². The summed E-state index contributed by atoms with van der Waals surface area (Å²) in [6.07, 6.45) is -0.656. The average Bonchev–Trinajstić information content (AvgIpc) is 3.09. The molecule has 0 unspecified atom stereocenters. The summed E-state index contributed by atoms with van der Waals surface area (Å²) in [7, 11) is 0. The monoisotopic (exact) mass is 281 g/mol. The van der Waals surface area contributed by atoms with Crippen molar-refractivity contribution < 1.29 is 13.2 Å². The molecule has 106 valence electrons. The van der Waals surface area contributed by atoms with E-state index in [0.29, 0.717) is 11.3 Å². The number of halogens is 3. The Morgan fingerprint density at radius 3 is 2.80 bits per heavy atom. The van der Waals surface area contributed by atoms with E-state index in [4.69, 9.17) is 0 Å². The average molecular weight is 281 g/mol. The highest BCUT2D eigenvalue weighted by Gasteiger charge is 2.30. The van der Waals surface area contributed by atoms with Crippen molar-refractivity contribution in [3.8, 4) is 11.3 Å². The molecular formula is C14H14F3N3. The molecule has 0 bridgehead atoms. The molecule has 0 spiro atoms. The highest BCUT2D eigenvalue weighted by atomic mass is 19.4. The van der Waals surface area contributed by atoms with E-state index >= 15 is 0 Å². The highest BCUT2D eigenvalue weighted by molar-refractivity contribution is 5.59. The molecule has 2 heterocycles. The topological polar surface area (TPSA) is 40.7 Å². The first-order chi connectivity index (χ1) is 9.54. The maximum Gasteiger partial charge on any atom is 0.416 e. The van der Waals surface area contributed by atoms with Crippen LogP contribution in [-0.4, -0.2) is 16.5 Å². The van der Waals surface area contributed by atoms with Gasteiger partial charge >= 0.3 is 6.18 Å². The van der Waals surface area contributed by atoms with E-state index in [-0.39, 0.29) is 6.04 Å². The van der Waals surface area contributed by atoms with E-state index in [9.17, 15) is 13.2 Å². The van der Waals surface area contributed by atoms with Crippen LogP contribution in [0.25, 0.3) is 11.3 Å². The standard InChI is InChI=1S/C14H14F3N3/c15-14(16,17)10-4-1-3-9(7-10)12-8-19-13(20-12)11-5-2-6-18-11/h1,3-4,7-8,11,18H,2,5-6H2,(H,19,20)/t11-/m1/s1. The summed E-state index contributed by atoms with van der Waals surface area (Å²) in [6.45, 7) is 0.949. The van der Waals surface area contributed by atoms with Gasteiger partial charge in [0.25, 0.3) is 0 Å². The Labute approximate surface area is 114 Å². The lowest BCUT2D eigenvalue weighted by atomic mass is 10.1. The molecule has 2 aromatic rings. The van der Waals surface area contributed by atoms with Crippen LogP contribution in [0.2, 0.25) is 0 Å². The number of nitrogens with zero attached hydrogens (tertiary/aromatic N) is 1. The van der Waals surface area contributed by atoms with Crippen LogP contribution < -0.4 is 5.32 Å². The van der Waals surface area contributed by atoms with Gasteiger partial charge in [0.1, 0.15) is 5.82 Å². The Kier molecular flexibility index (Phi) is 3.25. The molecule has 2 N–H and O–H groups in total. The fourth-order valence-corrected chi connectivity index (χ4v) is 2.44. The second-order valence-electron chi connectivity index (χ2n) is 4.91. The quantitative estimate of drug-likeness (QED) is 0.884. The SMILES string of the molecule is FC(F)(F)c1cccc(-c2cnc([C@H]3CCCN3)[nH]2)c1. The van der Waals surface area contributed by atoms with Gasteiger partial charge in [-0.1, -0.05) is 12.1 Å². The Morgan fingerprint density at radius 2 is 2.10 bits per heavy atom. The summed E-state index contributed by atoms with van der Waals surface area (Å²) >= 11 is 0. The van der Waals surface area contributed by atoms with Gasteiger partial charge in [-0.05, 0) is 31.5 Å². The summed E-state index contributed by atoms with van der Waals surface area (Å²) in [5.41, 5.74) is 0.460. The fraction of sp³-hybridized carbons (Fsp3) is 0.357. The Morgan fingerprint density at radius 1 is 1.25 bits per heavy atom. The van der Waals surface area contributed by atoms with E-state index < -0.39 is 11.7 Å². The van der Waals surface area contributed by atoms with Crippen molar-refractivity contribution >= 4 is 0 Å². The molecule has 3 rings (SSSR count). The van der Waals surface area contributed by atoms with Gasteiger partial charge < -0.3 is 10.3 Å². The van der Waals surface area contributed by atoms with Gasteiger partial charge in [-0.15, -0.1) is 0 Å². The fourth-order valence-electron chi connectivity index (χ4n) is 2.44. The molecule has 3 nitrogen and oxygen atoms in total. The van der Waals surface area contributed by atoms with Crippen molar-refractivity contribution in [3.05, 3.63) is 41.9 Å². The first-order valence-electron chi connectivity index (χ1n) is 6.50. The van der Waals surface area contributed by atoms with Crippen molar-refractivity contribution in [3.63, 3.8) is 0 Å². The van der Waals surface area contributed by atoms with Gasteiger partial charge in [-0.3, -0.25) is 0 Å². The molecule has 0 aliphatic carbocycles. The minimum atomic E-state index is -4.33. The third-order valence-electron chi connectivity index (χ3n) is 3.49. The summed E-state index contributed by atoms with van der Waals surface area (Å²) < 4.78 is 38.1. The van der Waals surface area contributed by atoms with Gasteiger partial charge in [0.15, 0.2) is 0 Å². The number of alkyl halides is 3.